The second kappa shape index (κ2) is 9.31. The van der Waals surface area contributed by atoms with Gasteiger partial charge in [-0.25, -0.2) is 9.67 Å². The predicted octanol–water partition coefficient (Wildman–Crippen LogP) is 2.74. The molecule has 9 heteroatoms. The first-order chi connectivity index (χ1) is 13.9. The van der Waals surface area contributed by atoms with Crippen LogP contribution in [0.2, 0.25) is 5.02 Å². The molecular weight excluding hydrogens is 392 g/mol. The van der Waals surface area contributed by atoms with Crippen molar-refractivity contribution in [3.63, 3.8) is 0 Å². The third-order valence-electron chi connectivity index (χ3n) is 4.06. The zero-order valence-corrected chi connectivity index (χ0v) is 16.8. The summed E-state index contributed by atoms with van der Waals surface area (Å²) in [5, 5.41) is 10.2. The van der Waals surface area contributed by atoms with Crippen molar-refractivity contribution in [3.05, 3.63) is 65.7 Å². The topological polar surface area (TPSA) is 92.2 Å². The van der Waals surface area contributed by atoms with Crippen molar-refractivity contribution < 1.29 is 9.59 Å². The molecule has 0 aliphatic heterocycles. The van der Waals surface area contributed by atoms with E-state index in [9.17, 15) is 9.59 Å². The standard InChI is InChI=1S/C20H21ClN6O2/c1-14-3-6-16(7-4-14)24-19(28)10-26(2)11-20(29)25-17-9-15(21)5-8-18(17)27-13-22-12-23-27/h3-9,12-13H,10-11H2,1-2H3,(H,24,28)(H,25,29). The van der Waals surface area contributed by atoms with Crippen molar-refractivity contribution in [1.82, 2.24) is 19.7 Å². The van der Waals surface area contributed by atoms with Crippen molar-refractivity contribution >= 4 is 34.8 Å². The van der Waals surface area contributed by atoms with E-state index in [-0.39, 0.29) is 24.9 Å². The summed E-state index contributed by atoms with van der Waals surface area (Å²) in [5.74, 6) is -0.477. The number of nitrogens with zero attached hydrogens (tertiary/aromatic N) is 4. The van der Waals surface area contributed by atoms with Gasteiger partial charge in [0.2, 0.25) is 11.8 Å². The second-order valence-corrected chi connectivity index (χ2v) is 7.07. The third kappa shape index (κ3) is 5.87. The Morgan fingerprint density at radius 2 is 1.76 bits per heavy atom. The summed E-state index contributed by atoms with van der Waals surface area (Å²) in [7, 11) is 1.70. The molecule has 0 bridgehead atoms. The first-order valence-corrected chi connectivity index (χ1v) is 9.28. The summed E-state index contributed by atoms with van der Waals surface area (Å²) >= 11 is 6.06. The van der Waals surface area contributed by atoms with E-state index in [1.165, 1.54) is 17.3 Å². The van der Waals surface area contributed by atoms with Gasteiger partial charge in [0.25, 0.3) is 0 Å². The summed E-state index contributed by atoms with van der Waals surface area (Å²) < 4.78 is 1.53. The molecule has 150 valence electrons. The van der Waals surface area contributed by atoms with Gasteiger partial charge in [-0.1, -0.05) is 29.3 Å². The number of hydrogen-bond acceptors (Lipinski definition) is 5. The van der Waals surface area contributed by atoms with Crippen LogP contribution in [0.15, 0.2) is 55.1 Å². The first kappa shape index (κ1) is 20.5. The first-order valence-electron chi connectivity index (χ1n) is 8.90. The maximum atomic E-state index is 12.5. The van der Waals surface area contributed by atoms with E-state index in [0.29, 0.717) is 16.4 Å². The van der Waals surface area contributed by atoms with Gasteiger partial charge >= 0.3 is 0 Å². The van der Waals surface area contributed by atoms with Crippen LogP contribution in [0.3, 0.4) is 0 Å². The van der Waals surface area contributed by atoms with E-state index in [2.05, 4.69) is 20.7 Å². The lowest BCUT2D eigenvalue weighted by Gasteiger charge is -2.17. The molecule has 1 aromatic heterocycles. The van der Waals surface area contributed by atoms with Crippen LogP contribution in [0.5, 0.6) is 0 Å². The highest BCUT2D eigenvalue weighted by Gasteiger charge is 2.14. The summed E-state index contributed by atoms with van der Waals surface area (Å²) in [4.78, 5) is 30.2. The molecular formula is C20H21ClN6O2. The zero-order chi connectivity index (χ0) is 20.8. The van der Waals surface area contributed by atoms with E-state index < -0.39 is 0 Å². The summed E-state index contributed by atoms with van der Waals surface area (Å²) in [6, 6.07) is 12.6. The number of carbonyl (C=O) groups is 2. The molecule has 0 saturated heterocycles. The molecule has 0 spiro atoms. The monoisotopic (exact) mass is 412 g/mol. The molecule has 0 saturated carbocycles. The van der Waals surface area contributed by atoms with Crippen LogP contribution in [0.1, 0.15) is 5.56 Å². The van der Waals surface area contributed by atoms with Gasteiger partial charge in [0.1, 0.15) is 12.7 Å². The Morgan fingerprint density at radius 3 is 2.41 bits per heavy atom. The molecule has 1 heterocycles. The number of nitrogens with one attached hydrogen (secondary N) is 2. The third-order valence-corrected chi connectivity index (χ3v) is 4.30. The van der Waals surface area contributed by atoms with Gasteiger partial charge in [-0.2, -0.15) is 5.10 Å². The minimum Gasteiger partial charge on any atom is -0.325 e. The lowest BCUT2D eigenvalue weighted by molar-refractivity contribution is -0.119. The Morgan fingerprint density at radius 1 is 1.07 bits per heavy atom. The predicted molar refractivity (Wildman–Crippen MR) is 112 cm³/mol. The number of rotatable bonds is 7. The van der Waals surface area contributed by atoms with Crippen LogP contribution in [0.25, 0.3) is 5.69 Å². The maximum Gasteiger partial charge on any atom is 0.238 e. The van der Waals surface area contributed by atoms with Crippen LogP contribution in [0.4, 0.5) is 11.4 Å². The fourth-order valence-corrected chi connectivity index (χ4v) is 2.89. The number of hydrogen-bond donors (Lipinski definition) is 2. The number of anilines is 2. The van der Waals surface area contributed by atoms with Gasteiger partial charge in [-0.15, -0.1) is 0 Å². The van der Waals surface area contributed by atoms with E-state index in [4.69, 9.17) is 11.6 Å². The van der Waals surface area contributed by atoms with Crippen LogP contribution >= 0.6 is 11.6 Å². The van der Waals surface area contributed by atoms with Gasteiger partial charge < -0.3 is 10.6 Å². The second-order valence-electron chi connectivity index (χ2n) is 6.64. The highest BCUT2D eigenvalue weighted by atomic mass is 35.5. The zero-order valence-electron chi connectivity index (χ0n) is 16.1. The van der Waals surface area contributed by atoms with Crippen LogP contribution < -0.4 is 10.6 Å². The van der Waals surface area contributed by atoms with E-state index in [1.807, 2.05) is 31.2 Å². The summed E-state index contributed by atoms with van der Waals surface area (Å²) in [6.45, 7) is 2.09. The Labute approximate surface area is 173 Å². The maximum absolute atomic E-state index is 12.5. The Kier molecular flexibility index (Phi) is 6.58. The number of halogens is 1. The normalized spacial score (nSPS) is 10.8. The number of benzene rings is 2. The Hall–Kier alpha value is -3.23. The van der Waals surface area contributed by atoms with E-state index in [1.54, 1.807) is 30.1 Å². The molecule has 0 aliphatic rings. The average Bonchev–Trinajstić information content (AvgIpc) is 3.18. The van der Waals surface area contributed by atoms with Gasteiger partial charge in [0.15, 0.2) is 0 Å². The van der Waals surface area contributed by atoms with Crippen molar-refractivity contribution in [2.24, 2.45) is 0 Å². The minimum atomic E-state index is -0.278. The molecule has 29 heavy (non-hydrogen) atoms. The van der Waals surface area contributed by atoms with Gasteiger partial charge in [-0.3, -0.25) is 14.5 Å². The van der Waals surface area contributed by atoms with Crippen molar-refractivity contribution in [1.29, 1.82) is 0 Å². The summed E-state index contributed by atoms with van der Waals surface area (Å²) in [6.07, 6.45) is 2.93. The van der Waals surface area contributed by atoms with Crippen molar-refractivity contribution in [2.75, 3.05) is 30.8 Å². The quantitative estimate of drug-likeness (QED) is 0.622. The fourth-order valence-electron chi connectivity index (χ4n) is 2.71. The lowest BCUT2D eigenvalue weighted by atomic mass is 10.2. The molecule has 2 amide bonds. The number of aryl methyl sites for hydroxylation is 1. The number of aromatic nitrogens is 3. The number of likely N-dealkylation sites (N-methyl/N-ethyl adjacent to an activating group) is 1. The van der Waals surface area contributed by atoms with Crippen LogP contribution in [-0.4, -0.2) is 51.6 Å². The highest BCUT2D eigenvalue weighted by Crippen LogP contribution is 2.23. The van der Waals surface area contributed by atoms with Crippen molar-refractivity contribution in [2.45, 2.75) is 6.92 Å². The molecule has 2 N–H and O–H groups in total. The Bertz CT molecular complexity index is 989. The van der Waals surface area contributed by atoms with Gasteiger partial charge in [0.05, 0.1) is 24.5 Å². The fraction of sp³-hybridized carbons (Fsp3) is 0.200. The molecule has 3 rings (SSSR count). The lowest BCUT2D eigenvalue weighted by Crippen LogP contribution is -2.36. The molecule has 0 aliphatic carbocycles. The highest BCUT2D eigenvalue weighted by molar-refractivity contribution is 6.31. The number of carbonyl (C=O) groups excluding carboxylic acids is 2. The number of amides is 2. The molecule has 0 radical (unpaired) electrons. The molecule has 8 nitrogen and oxygen atoms in total. The minimum absolute atomic E-state index is 0.0324. The molecule has 2 aromatic carbocycles. The van der Waals surface area contributed by atoms with Gasteiger partial charge in [-0.05, 0) is 44.3 Å². The van der Waals surface area contributed by atoms with Crippen molar-refractivity contribution in [3.8, 4) is 5.69 Å². The molecule has 0 fully saturated rings. The summed E-state index contributed by atoms with van der Waals surface area (Å²) in [5.41, 5.74) is 2.98. The molecule has 0 unspecified atom stereocenters. The molecule has 0 atom stereocenters. The van der Waals surface area contributed by atoms with Crippen LogP contribution in [-0.2, 0) is 9.59 Å². The van der Waals surface area contributed by atoms with E-state index >= 15 is 0 Å². The van der Waals surface area contributed by atoms with Crippen LogP contribution in [0, 0.1) is 6.92 Å². The smallest absolute Gasteiger partial charge is 0.238 e. The average molecular weight is 413 g/mol. The SMILES string of the molecule is Cc1ccc(NC(=O)CN(C)CC(=O)Nc2cc(Cl)ccc2-n2cncn2)cc1. The van der Waals surface area contributed by atoms with Gasteiger partial charge in [0, 0.05) is 10.7 Å². The largest absolute Gasteiger partial charge is 0.325 e. The molecule has 3 aromatic rings. The Balaban J connectivity index is 1.57. The van der Waals surface area contributed by atoms with E-state index in [0.717, 1.165) is 11.3 Å².